The molecule has 2 unspecified atom stereocenters. The van der Waals surface area contributed by atoms with Gasteiger partial charge in [-0.3, -0.25) is 9.69 Å². The van der Waals surface area contributed by atoms with E-state index in [1.54, 1.807) is 0 Å². The Morgan fingerprint density at radius 3 is 2.25 bits per heavy atom. The van der Waals surface area contributed by atoms with Gasteiger partial charge in [-0.25, -0.2) is 0 Å². The van der Waals surface area contributed by atoms with E-state index in [-0.39, 0.29) is 6.04 Å². The summed E-state index contributed by atoms with van der Waals surface area (Å²) >= 11 is 0. The second-order valence-electron chi connectivity index (χ2n) is 8.06. The quantitative estimate of drug-likeness (QED) is 0.633. The van der Waals surface area contributed by atoms with Crippen molar-refractivity contribution in [3.8, 4) is 0 Å². The molecule has 1 aliphatic heterocycles. The Kier molecular flexibility index (Phi) is 5.19. The zero-order valence-electron chi connectivity index (χ0n) is 16.5. The summed E-state index contributed by atoms with van der Waals surface area (Å²) in [5, 5.41) is 12.2. The van der Waals surface area contributed by atoms with Crippen LogP contribution in [0.1, 0.15) is 55.3 Å². The molecule has 1 fully saturated rings. The maximum atomic E-state index is 11.9. The Labute approximate surface area is 166 Å². The van der Waals surface area contributed by atoms with E-state index in [1.165, 1.54) is 16.3 Å². The number of carbonyl (C=O) groups is 1. The molecule has 1 aliphatic rings. The molecule has 3 aromatic carbocycles. The summed E-state index contributed by atoms with van der Waals surface area (Å²) in [6, 6.07) is 23.1. The van der Waals surface area contributed by atoms with E-state index in [0.717, 1.165) is 24.1 Å². The number of aliphatic carboxylic acids is 1. The third-order valence-electron chi connectivity index (χ3n) is 5.92. The largest absolute Gasteiger partial charge is 0.480 e. The first kappa shape index (κ1) is 18.7. The van der Waals surface area contributed by atoms with Gasteiger partial charge in [0, 0.05) is 6.54 Å². The first-order chi connectivity index (χ1) is 13.5. The fourth-order valence-electron chi connectivity index (χ4n) is 4.38. The molecule has 3 heteroatoms. The Morgan fingerprint density at radius 1 is 0.929 bits per heavy atom. The third kappa shape index (κ3) is 3.55. The number of nitrogens with zero attached hydrogens (tertiary/aromatic N) is 1. The Balaban J connectivity index is 1.81. The molecule has 0 bridgehead atoms. The van der Waals surface area contributed by atoms with E-state index >= 15 is 0 Å². The van der Waals surface area contributed by atoms with Gasteiger partial charge >= 0.3 is 5.97 Å². The average molecular weight is 373 g/mol. The molecule has 2 atom stereocenters. The minimum absolute atomic E-state index is 0.0468. The Bertz CT molecular complexity index is 977. The maximum absolute atomic E-state index is 11.9. The molecule has 0 aromatic heterocycles. The van der Waals surface area contributed by atoms with Gasteiger partial charge in [0.25, 0.3) is 0 Å². The van der Waals surface area contributed by atoms with Crippen molar-refractivity contribution in [1.29, 1.82) is 0 Å². The standard InChI is InChI=1S/C25H27NO2/c1-17(2)18-9-12-20(13-10-18)24(26-15-5-8-23(26)25(27)28)22-14-11-19-6-3-4-7-21(19)16-22/h3-4,6-7,9-14,16-17,23-24H,5,8,15H2,1-2H3,(H,27,28). The van der Waals surface area contributed by atoms with Gasteiger partial charge in [-0.1, -0.05) is 74.5 Å². The van der Waals surface area contributed by atoms with Crippen molar-refractivity contribution in [3.63, 3.8) is 0 Å². The fourth-order valence-corrected chi connectivity index (χ4v) is 4.38. The lowest BCUT2D eigenvalue weighted by Crippen LogP contribution is -2.39. The zero-order valence-corrected chi connectivity index (χ0v) is 16.5. The molecule has 28 heavy (non-hydrogen) atoms. The summed E-state index contributed by atoms with van der Waals surface area (Å²) in [6.07, 6.45) is 1.63. The highest BCUT2D eigenvalue weighted by atomic mass is 16.4. The van der Waals surface area contributed by atoms with Crippen molar-refractivity contribution in [3.05, 3.63) is 83.4 Å². The molecule has 0 amide bonds. The van der Waals surface area contributed by atoms with Crippen LogP contribution in [0.5, 0.6) is 0 Å². The molecule has 0 aliphatic carbocycles. The van der Waals surface area contributed by atoms with Crippen LogP contribution in [0.25, 0.3) is 10.8 Å². The van der Waals surface area contributed by atoms with Crippen molar-refractivity contribution in [2.24, 2.45) is 0 Å². The van der Waals surface area contributed by atoms with Gasteiger partial charge in [0.15, 0.2) is 0 Å². The van der Waals surface area contributed by atoms with Gasteiger partial charge in [0.2, 0.25) is 0 Å². The summed E-state index contributed by atoms with van der Waals surface area (Å²) in [6.45, 7) is 5.19. The monoisotopic (exact) mass is 373 g/mol. The summed E-state index contributed by atoms with van der Waals surface area (Å²) in [5.74, 6) is -0.242. The number of likely N-dealkylation sites (tertiary alicyclic amines) is 1. The first-order valence-electron chi connectivity index (χ1n) is 10.1. The number of carboxylic acids is 1. The van der Waals surface area contributed by atoms with Gasteiger partial charge in [0.1, 0.15) is 6.04 Å². The van der Waals surface area contributed by atoms with Crippen molar-refractivity contribution in [1.82, 2.24) is 4.90 Å². The molecule has 3 aromatic rings. The van der Waals surface area contributed by atoms with Gasteiger partial charge in [0.05, 0.1) is 6.04 Å². The maximum Gasteiger partial charge on any atom is 0.320 e. The second-order valence-corrected chi connectivity index (χ2v) is 8.06. The van der Waals surface area contributed by atoms with E-state index < -0.39 is 12.0 Å². The number of rotatable bonds is 5. The lowest BCUT2D eigenvalue weighted by atomic mass is 9.92. The smallest absolute Gasteiger partial charge is 0.320 e. The van der Waals surface area contributed by atoms with Crippen LogP contribution in [-0.2, 0) is 4.79 Å². The van der Waals surface area contributed by atoms with E-state index in [0.29, 0.717) is 12.3 Å². The van der Waals surface area contributed by atoms with E-state index in [9.17, 15) is 9.90 Å². The molecule has 1 saturated heterocycles. The van der Waals surface area contributed by atoms with Crippen LogP contribution in [0.3, 0.4) is 0 Å². The van der Waals surface area contributed by atoms with Crippen LogP contribution >= 0.6 is 0 Å². The SMILES string of the molecule is CC(C)c1ccc(C(c2ccc3ccccc3c2)N2CCCC2C(=O)O)cc1. The number of fused-ring (bicyclic) bond motifs is 1. The molecule has 1 N–H and O–H groups in total. The fraction of sp³-hybridized carbons (Fsp3) is 0.320. The van der Waals surface area contributed by atoms with Crippen LogP contribution in [0.4, 0.5) is 0 Å². The third-order valence-corrected chi connectivity index (χ3v) is 5.92. The number of hydrogen-bond acceptors (Lipinski definition) is 2. The molecule has 3 nitrogen and oxygen atoms in total. The first-order valence-corrected chi connectivity index (χ1v) is 10.1. The summed E-state index contributed by atoms with van der Waals surface area (Å²) in [4.78, 5) is 14.1. The molecule has 0 saturated carbocycles. The van der Waals surface area contributed by atoms with Gasteiger partial charge in [-0.05, 0) is 52.3 Å². The second kappa shape index (κ2) is 7.76. The normalized spacial score (nSPS) is 18.6. The minimum Gasteiger partial charge on any atom is -0.480 e. The molecule has 144 valence electrons. The van der Waals surface area contributed by atoms with Crippen molar-refractivity contribution >= 4 is 16.7 Å². The summed E-state index contributed by atoms with van der Waals surface area (Å²) in [5.41, 5.74) is 3.62. The van der Waals surface area contributed by atoms with Crippen LogP contribution in [0.2, 0.25) is 0 Å². The van der Waals surface area contributed by atoms with Crippen LogP contribution < -0.4 is 0 Å². The van der Waals surface area contributed by atoms with Crippen molar-refractivity contribution in [2.45, 2.75) is 44.7 Å². The molecular formula is C25H27NO2. The number of carboxylic acid groups (broad SMARTS) is 1. The minimum atomic E-state index is -0.720. The summed E-state index contributed by atoms with van der Waals surface area (Å²) in [7, 11) is 0. The van der Waals surface area contributed by atoms with Gasteiger partial charge < -0.3 is 5.11 Å². The number of hydrogen-bond donors (Lipinski definition) is 1. The van der Waals surface area contributed by atoms with Crippen LogP contribution in [0.15, 0.2) is 66.7 Å². The molecular weight excluding hydrogens is 346 g/mol. The zero-order chi connectivity index (χ0) is 19.7. The van der Waals surface area contributed by atoms with Gasteiger partial charge in [-0.2, -0.15) is 0 Å². The van der Waals surface area contributed by atoms with E-state index in [4.69, 9.17) is 0 Å². The van der Waals surface area contributed by atoms with Crippen molar-refractivity contribution < 1.29 is 9.90 Å². The lowest BCUT2D eigenvalue weighted by molar-refractivity contribution is -0.142. The van der Waals surface area contributed by atoms with Crippen LogP contribution in [0, 0.1) is 0 Å². The Morgan fingerprint density at radius 2 is 1.57 bits per heavy atom. The predicted octanol–water partition coefficient (Wildman–Crippen LogP) is 5.60. The van der Waals surface area contributed by atoms with Crippen molar-refractivity contribution in [2.75, 3.05) is 6.54 Å². The molecule has 4 rings (SSSR count). The highest BCUT2D eigenvalue weighted by Gasteiger charge is 2.36. The average Bonchev–Trinajstić information content (AvgIpc) is 3.18. The summed E-state index contributed by atoms with van der Waals surface area (Å²) < 4.78 is 0. The van der Waals surface area contributed by atoms with Crippen LogP contribution in [-0.4, -0.2) is 28.6 Å². The lowest BCUT2D eigenvalue weighted by Gasteiger charge is -2.32. The topological polar surface area (TPSA) is 40.5 Å². The van der Waals surface area contributed by atoms with E-state index in [1.807, 2.05) is 6.07 Å². The van der Waals surface area contributed by atoms with Gasteiger partial charge in [-0.15, -0.1) is 0 Å². The number of benzene rings is 3. The highest BCUT2D eigenvalue weighted by Crippen LogP contribution is 2.36. The predicted molar refractivity (Wildman–Crippen MR) is 114 cm³/mol. The Hall–Kier alpha value is -2.65. The molecule has 1 heterocycles. The molecule has 0 radical (unpaired) electrons. The van der Waals surface area contributed by atoms with E-state index in [2.05, 4.69) is 79.4 Å². The molecule has 0 spiro atoms. The highest BCUT2D eigenvalue weighted by molar-refractivity contribution is 5.83.